The van der Waals surface area contributed by atoms with Crippen LogP contribution in [-0.4, -0.2) is 17.0 Å². The van der Waals surface area contributed by atoms with Crippen molar-refractivity contribution in [3.63, 3.8) is 0 Å². The molecule has 0 radical (unpaired) electrons. The van der Waals surface area contributed by atoms with Gasteiger partial charge in [-0.1, -0.05) is 15.9 Å². The van der Waals surface area contributed by atoms with Gasteiger partial charge < -0.3 is 10.4 Å². The number of halogens is 2. The molecule has 0 spiro atoms. The zero-order valence-electron chi connectivity index (χ0n) is 10.6. The molecule has 106 valence electrons. The summed E-state index contributed by atoms with van der Waals surface area (Å²) >= 11 is 6.47. The van der Waals surface area contributed by atoms with Crippen molar-refractivity contribution in [2.24, 2.45) is 0 Å². The van der Waals surface area contributed by atoms with E-state index in [9.17, 15) is 9.59 Å². The Morgan fingerprint density at radius 2 is 2.00 bits per heavy atom. The minimum Gasteiger partial charge on any atom is -0.478 e. The van der Waals surface area contributed by atoms with Crippen LogP contribution in [0.25, 0.3) is 0 Å². The van der Waals surface area contributed by atoms with Crippen LogP contribution in [0.3, 0.4) is 0 Å². The summed E-state index contributed by atoms with van der Waals surface area (Å²) in [4.78, 5) is 23.0. The van der Waals surface area contributed by atoms with Crippen LogP contribution in [0.1, 0.15) is 36.0 Å². The Morgan fingerprint density at radius 1 is 1.30 bits per heavy atom. The van der Waals surface area contributed by atoms with Crippen LogP contribution in [0, 0.1) is 12.3 Å². The molecule has 1 aromatic rings. The fraction of sp³-hybridized carbons (Fsp3) is 0.286. The van der Waals surface area contributed by atoms with Gasteiger partial charge in [0, 0.05) is 21.8 Å². The van der Waals surface area contributed by atoms with Gasteiger partial charge in [-0.3, -0.25) is 4.79 Å². The maximum absolute atomic E-state index is 11.8. The Morgan fingerprint density at radius 3 is 2.60 bits per heavy atom. The fourth-order valence-electron chi connectivity index (χ4n) is 1.58. The number of carbonyl (C=O) groups is 2. The van der Waals surface area contributed by atoms with E-state index in [0.29, 0.717) is 28.2 Å². The molecule has 0 bridgehead atoms. The van der Waals surface area contributed by atoms with Crippen molar-refractivity contribution in [3.05, 3.63) is 26.6 Å². The van der Waals surface area contributed by atoms with E-state index in [1.54, 1.807) is 6.07 Å². The summed E-state index contributed by atoms with van der Waals surface area (Å²) in [6, 6.07) is 3.13. The maximum Gasteiger partial charge on any atom is 0.337 e. The number of aromatic carboxylic acids is 1. The minimum absolute atomic E-state index is 0.0308. The highest BCUT2D eigenvalue weighted by molar-refractivity contribution is 9.11. The Kier molecular flexibility index (Phi) is 6.76. The molecule has 6 heteroatoms. The van der Waals surface area contributed by atoms with E-state index in [2.05, 4.69) is 43.1 Å². The van der Waals surface area contributed by atoms with E-state index in [4.69, 9.17) is 11.5 Å². The highest BCUT2D eigenvalue weighted by atomic mass is 79.9. The van der Waals surface area contributed by atoms with Crippen LogP contribution in [0.2, 0.25) is 0 Å². The molecule has 0 aliphatic heterocycles. The number of terminal acetylenes is 1. The molecule has 0 heterocycles. The number of anilines is 1. The van der Waals surface area contributed by atoms with E-state index in [1.807, 2.05) is 0 Å². The molecule has 1 rings (SSSR count). The first kappa shape index (κ1) is 16.7. The molecule has 1 aromatic carbocycles. The second-order valence-corrected chi connectivity index (χ2v) is 5.84. The van der Waals surface area contributed by atoms with E-state index in [1.165, 1.54) is 6.07 Å². The fourth-order valence-corrected chi connectivity index (χ4v) is 2.91. The van der Waals surface area contributed by atoms with E-state index >= 15 is 0 Å². The Balaban J connectivity index is 2.79. The van der Waals surface area contributed by atoms with Crippen LogP contribution < -0.4 is 5.32 Å². The largest absolute Gasteiger partial charge is 0.478 e. The second kappa shape index (κ2) is 8.08. The quantitative estimate of drug-likeness (QED) is 0.557. The van der Waals surface area contributed by atoms with Gasteiger partial charge in [-0.15, -0.1) is 12.3 Å². The molecule has 20 heavy (non-hydrogen) atoms. The van der Waals surface area contributed by atoms with Crippen LogP contribution in [0.15, 0.2) is 21.1 Å². The monoisotopic (exact) mass is 401 g/mol. The first-order chi connectivity index (χ1) is 9.45. The van der Waals surface area contributed by atoms with Crippen molar-refractivity contribution in [1.82, 2.24) is 0 Å². The Hall–Kier alpha value is -1.32. The predicted molar refractivity (Wildman–Crippen MR) is 84.7 cm³/mol. The molecule has 0 aliphatic rings. The number of hydrogen-bond acceptors (Lipinski definition) is 2. The van der Waals surface area contributed by atoms with Gasteiger partial charge in [0.15, 0.2) is 0 Å². The molecule has 0 fully saturated rings. The third kappa shape index (κ3) is 4.99. The maximum atomic E-state index is 11.8. The topological polar surface area (TPSA) is 66.4 Å². The summed E-state index contributed by atoms with van der Waals surface area (Å²) in [5, 5.41) is 11.8. The molecule has 0 aromatic heterocycles. The number of nitrogens with one attached hydrogen (secondary N) is 1. The van der Waals surface area contributed by atoms with Crippen LogP contribution >= 0.6 is 31.9 Å². The van der Waals surface area contributed by atoms with Crippen LogP contribution in [0.5, 0.6) is 0 Å². The number of carbonyl (C=O) groups excluding carboxylic acids is 1. The molecule has 4 nitrogen and oxygen atoms in total. The SMILES string of the molecule is C#CCCCCC(=O)Nc1c(Br)cc(Br)cc1C(=O)O. The summed E-state index contributed by atoms with van der Waals surface area (Å²) in [6.07, 6.45) is 7.52. The number of rotatable bonds is 6. The minimum atomic E-state index is -1.10. The van der Waals surface area contributed by atoms with Gasteiger partial charge in [0.05, 0.1) is 11.3 Å². The number of amides is 1. The van der Waals surface area contributed by atoms with E-state index in [0.717, 1.165) is 6.42 Å². The molecule has 0 unspecified atom stereocenters. The molecule has 0 saturated carbocycles. The number of hydrogen-bond donors (Lipinski definition) is 2. The molecular formula is C14H13Br2NO3. The Labute approximate surface area is 134 Å². The first-order valence-corrected chi connectivity index (χ1v) is 7.50. The van der Waals surface area contributed by atoms with Crippen molar-refractivity contribution in [1.29, 1.82) is 0 Å². The number of carboxylic acid groups (broad SMARTS) is 1. The van der Waals surface area contributed by atoms with Crippen LogP contribution in [-0.2, 0) is 4.79 Å². The summed E-state index contributed by atoms with van der Waals surface area (Å²) < 4.78 is 1.13. The van der Waals surface area contributed by atoms with Gasteiger partial charge in [0.25, 0.3) is 0 Å². The smallest absolute Gasteiger partial charge is 0.337 e. The highest BCUT2D eigenvalue weighted by Crippen LogP contribution is 2.31. The lowest BCUT2D eigenvalue weighted by atomic mass is 10.1. The normalized spacial score (nSPS) is 9.85. The second-order valence-electron chi connectivity index (χ2n) is 4.07. The lowest BCUT2D eigenvalue weighted by molar-refractivity contribution is -0.116. The van der Waals surface area contributed by atoms with Crippen molar-refractivity contribution in [3.8, 4) is 12.3 Å². The van der Waals surface area contributed by atoms with Gasteiger partial charge in [-0.05, 0) is 40.9 Å². The summed E-state index contributed by atoms with van der Waals surface area (Å²) in [6.45, 7) is 0. The molecule has 0 atom stereocenters. The Bertz CT molecular complexity index is 564. The van der Waals surface area contributed by atoms with Gasteiger partial charge in [0.1, 0.15) is 0 Å². The number of carboxylic acids is 1. The number of unbranched alkanes of at least 4 members (excludes halogenated alkanes) is 2. The van der Waals surface area contributed by atoms with Crippen molar-refractivity contribution in [2.75, 3.05) is 5.32 Å². The van der Waals surface area contributed by atoms with Gasteiger partial charge >= 0.3 is 5.97 Å². The lowest BCUT2D eigenvalue weighted by Crippen LogP contribution is -2.15. The van der Waals surface area contributed by atoms with Crippen molar-refractivity contribution < 1.29 is 14.7 Å². The van der Waals surface area contributed by atoms with Gasteiger partial charge in [-0.25, -0.2) is 4.79 Å². The molecule has 2 N–H and O–H groups in total. The summed E-state index contributed by atoms with van der Waals surface area (Å²) in [5.41, 5.74) is 0.297. The first-order valence-electron chi connectivity index (χ1n) is 5.91. The molecule has 0 saturated heterocycles. The van der Waals surface area contributed by atoms with Crippen LogP contribution in [0.4, 0.5) is 5.69 Å². The summed E-state index contributed by atoms with van der Waals surface area (Å²) in [5.74, 6) is 1.18. The van der Waals surface area contributed by atoms with Crippen molar-refractivity contribution >= 4 is 49.4 Å². The standard InChI is InChI=1S/C14H13Br2NO3/c1-2-3-4-5-6-12(18)17-13-10(14(19)20)7-9(15)8-11(13)16/h1,7-8H,3-6H2,(H,17,18)(H,19,20). The predicted octanol–water partition coefficient (Wildman–Crippen LogP) is 4.04. The van der Waals surface area contributed by atoms with Gasteiger partial charge in [0.2, 0.25) is 5.91 Å². The van der Waals surface area contributed by atoms with E-state index < -0.39 is 5.97 Å². The molecule has 1 amide bonds. The average Bonchev–Trinajstić information content (AvgIpc) is 2.37. The lowest BCUT2D eigenvalue weighted by Gasteiger charge is -2.11. The zero-order chi connectivity index (χ0) is 15.1. The molecule has 0 aliphatic carbocycles. The number of benzene rings is 1. The van der Waals surface area contributed by atoms with Gasteiger partial charge in [-0.2, -0.15) is 0 Å². The zero-order valence-corrected chi connectivity index (χ0v) is 13.8. The molecular weight excluding hydrogens is 390 g/mol. The van der Waals surface area contributed by atoms with E-state index in [-0.39, 0.29) is 17.2 Å². The third-order valence-corrected chi connectivity index (χ3v) is 3.61. The third-order valence-electron chi connectivity index (χ3n) is 2.52. The highest BCUT2D eigenvalue weighted by Gasteiger charge is 2.16. The van der Waals surface area contributed by atoms with Crippen molar-refractivity contribution in [2.45, 2.75) is 25.7 Å². The summed E-state index contributed by atoms with van der Waals surface area (Å²) in [7, 11) is 0. The average molecular weight is 403 g/mol.